The second kappa shape index (κ2) is 2.91. The minimum absolute atomic E-state index is 0.106. The maximum absolute atomic E-state index is 10.4. The van der Waals surface area contributed by atoms with E-state index in [-0.39, 0.29) is 12.2 Å². The lowest BCUT2D eigenvalue weighted by atomic mass is 10.1. The van der Waals surface area contributed by atoms with Crippen LogP contribution >= 0.6 is 0 Å². The molecule has 1 rings (SSSR count). The van der Waals surface area contributed by atoms with Crippen molar-refractivity contribution < 1.29 is 14.3 Å². The Morgan fingerprint density at radius 2 is 2.09 bits per heavy atom. The number of rotatable bonds is 1. The summed E-state index contributed by atoms with van der Waals surface area (Å²) in [5, 5.41) is 0. The van der Waals surface area contributed by atoms with Gasteiger partial charge in [0.1, 0.15) is 12.4 Å². The van der Waals surface area contributed by atoms with Crippen LogP contribution in [0.3, 0.4) is 0 Å². The Morgan fingerprint density at radius 3 is 2.55 bits per heavy atom. The number of ether oxygens (including phenoxy) is 2. The van der Waals surface area contributed by atoms with Gasteiger partial charge in [-0.1, -0.05) is 0 Å². The molecule has 11 heavy (non-hydrogen) atoms. The van der Waals surface area contributed by atoms with Gasteiger partial charge in [0.15, 0.2) is 5.79 Å². The minimum atomic E-state index is -0.608. The van der Waals surface area contributed by atoms with Gasteiger partial charge in [-0.25, -0.2) is 0 Å². The summed E-state index contributed by atoms with van der Waals surface area (Å²) in [5.74, 6) is -0.608. The maximum Gasteiger partial charge on any atom is 0.164 e. The molecule has 2 atom stereocenters. The molecule has 0 aliphatic carbocycles. The Hall–Kier alpha value is -0.410. The summed E-state index contributed by atoms with van der Waals surface area (Å²) >= 11 is 0. The molecule has 1 saturated heterocycles. The summed E-state index contributed by atoms with van der Waals surface area (Å²) in [4.78, 5) is 10.4. The van der Waals surface area contributed by atoms with Crippen LogP contribution in [0.4, 0.5) is 0 Å². The van der Waals surface area contributed by atoms with Crippen molar-refractivity contribution in [3.05, 3.63) is 0 Å². The van der Waals surface area contributed by atoms with Crippen molar-refractivity contribution in [3.63, 3.8) is 0 Å². The molecule has 0 N–H and O–H groups in total. The lowest BCUT2D eigenvalue weighted by Gasteiger charge is -2.37. The van der Waals surface area contributed by atoms with E-state index in [0.717, 1.165) is 6.29 Å². The number of carbonyl (C=O) groups excluding carboxylic acids is 1. The van der Waals surface area contributed by atoms with E-state index in [9.17, 15) is 4.79 Å². The Bertz CT molecular complexity index is 153. The third kappa shape index (κ3) is 2.27. The van der Waals surface area contributed by atoms with Crippen LogP contribution in [0.1, 0.15) is 27.2 Å². The molecule has 1 heterocycles. The van der Waals surface area contributed by atoms with E-state index in [4.69, 9.17) is 9.47 Å². The molecule has 0 amide bonds. The van der Waals surface area contributed by atoms with Crippen molar-refractivity contribution >= 4 is 6.29 Å². The zero-order chi connectivity index (χ0) is 8.48. The highest BCUT2D eigenvalue weighted by Gasteiger charge is 2.32. The highest BCUT2D eigenvalue weighted by Crippen LogP contribution is 2.25. The molecule has 0 unspecified atom stereocenters. The fourth-order valence-corrected chi connectivity index (χ4v) is 1.38. The van der Waals surface area contributed by atoms with E-state index in [2.05, 4.69) is 0 Å². The van der Waals surface area contributed by atoms with Gasteiger partial charge in [-0.3, -0.25) is 0 Å². The molecular weight excluding hydrogens is 144 g/mol. The van der Waals surface area contributed by atoms with Gasteiger partial charge >= 0.3 is 0 Å². The second-order valence-corrected chi connectivity index (χ2v) is 3.36. The third-order valence-corrected chi connectivity index (χ3v) is 1.64. The number of carbonyl (C=O) groups is 1. The molecule has 1 fully saturated rings. The quantitative estimate of drug-likeness (QED) is 0.536. The van der Waals surface area contributed by atoms with Crippen molar-refractivity contribution in [3.8, 4) is 0 Å². The summed E-state index contributed by atoms with van der Waals surface area (Å²) in [6.07, 6.45) is 1.30. The Balaban J connectivity index is 2.57. The Morgan fingerprint density at radius 1 is 1.45 bits per heavy atom. The number of aldehydes is 1. The molecule has 0 spiro atoms. The molecule has 0 radical (unpaired) electrons. The van der Waals surface area contributed by atoms with Crippen molar-refractivity contribution in [2.45, 2.75) is 45.2 Å². The van der Waals surface area contributed by atoms with E-state index in [1.165, 1.54) is 0 Å². The summed E-state index contributed by atoms with van der Waals surface area (Å²) in [6, 6.07) is 0. The molecule has 0 aromatic rings. The average Bonchev–Trinajstić information content (AvgIpc) is 1.83. The van der Waals surface area contributed by atoms with E-state index >= 15 is 0 Å². The average molecular weight is 158 g/mol. The zero-order valence-corrected chi connectivity index (χ0v) is 7.16. The van der Waals surface area contributed by atoms with Gasteiger partial charge in [0, 0.05) is 6.42 Å². The Labute approximate surface area is 66.7 Å². The molecule has 64 valence electrons. The Kier molecular flexibility index (Phi) is 2.30. The van der Waals surface area contributed by atoms with Crippen LogP contribution in [0.25, 0.3) is 0 Å². The minimum Gasteiger partial charge on any atom is -0.347 e. The SMILES string of the molecule is C[C@@H]1C[C@@H](C=O)OC(C)(C)O1. The van der Waals surface area contributed by atoms with Crippen LogP contribution in [-0.2, 0) is 14.3 Å². The lowest BCUT2D eigenvalue weighted by molar-refractivity contribution is -0.287. The van der Waals surface area contributed by atoms with Crippen molar-refractivity contribution in [2.75, 3.05) is 0 Å². The van der Waals surface area contributed by atoms with Gasteiger partial charge in [-0.05, 0) is 20.8 Å². The van der Waals surface area contributed by atoms with Gasteiger partial charge in [-0.15, -0.1) is 0 Å². The largest absolute Gasteiger partial charge is 0.347 e. The first-order valence-corrected chi connectivity index (χ1v) is 3.84. The predicted octanol–water partition coefficient (Wildman–Crippen LogP) is 1.12. The second-order valence-electron chi connectivity index (χ2n) is 3.36. The standard InChI is InChI=1S/C8H14O3/c1-6-4-7(5-9)11-8(2,3)10-6/h5-7H,4H2,1-3H3/t6-,7+/m1/s1. The van der Waals surface area contributed by atoms with Crippen LogP contribution in [0, 0.1) is 0 Å². The predicted molar refractivity (Wildman–Crippen MR) is 40.2 cm³/mol. The first-order valence-electron chi connectivity index (χ1n) is 3.84. The summed E-state index contributed by atoms with van der Waals surface area (Å²) in [7, 11) is 0. The van der Waals surface area contributed by atoms with Crippen LogP contribution in [0.15, 0.2) is 0 Å². The van der Waals surface area contributed by atoms with Gasteiger partial charge in [0.25, 0.3) is 0 Å². The van der Waals surface area contributed by atoms with Crippen molar-refractivity contribution in [2.24, 2.45) is 0 Å². The monoisotopic (exact) mass is 158 g/mol. The lowest BCUT2D eigenvalue weighted by Crippen LogP contribution is -2.44. The van der Waals surface area contributed by atoms with Gasteiger partial charge < -0.3 is 14.3 Å². The van der Waals surface area contributed by atoms with E-state index in [0.29, 0.717) is 6.42 Å². The first kappa shape index (κ1) is 8.68. The van der Waals surface area contributed by atoms with Gasteiger partial charge in [0.05, 0.1) is 6.10 Å². The molecule has 0 aromatic heterocycles. The van der Waals surface area contributed by atoms with Crippen LogP contribution in [0.5, 0.6) is 0 Å². The normalized spacial score (nSPS) is 36.6. The van der Waals surface area contributed by atoms with Crippen LogP contribution in [0.2, 0.25) is 0 Å². The molecule has 0 saturated carbocycles. The van der Waals surface area contributed by atoms with E-state index < -0.39 is 5.79 Å². The molecule has 1 aliphatic heterocycles. The van der Waals surface area contributed by atoms with Gasteiger partial charge in [-0.2, -0.15) is 0 Å². The fourth-order valence-electron chi connectivity index (χ4n) is 1.38. The fraction of sp³-hybridized carbons (Fsp3) is 0.875. The summed E-state index contributed by atoms with van der Waals surface area (Å²) in [6.45, 7) is 5.58. The van der Waals surface area contributed by atoms with Crippen molar-refractivity contribution in [1.29, 1.82) is 0 Å². The molecule has 3 heteroatoms. The van der Waals surface area contributed by atoms with Crippen LogP contribution in [-0.4, -0.2) is 24.3 Å². The van der Waals surface area contributed by atoms with Crippen molar-refractivity contribution in [1.82, 2.24) is 0 Å². The third-order valence-electron chi connectivity index (χ3n) is 1.64. The van der Waals surface area contributed by atoms with Crippen LogP contribution < -0.4 is 0 Å². The first-order chi connectivity index (χ1) is 5.03. The molecular formula is C8H14O3. The topological polar surface area (TPSA) is 35.5 Å². The highest BCUT2D eigenvalue weighted by molar-refractivity contribution is 5.56. The maximum atomic E-state index is 10.4. The summed E-state index contributed by atoms with van der Waals surface area (Å²) in [5.41, 5.74) is 0. The smallest absolute Gasteiger partial charge is 0.164 e. The number of hydrogen-bond donors (Lipinski definition) is 0. The molecule has 0 bridgehead atoms. The van der Waals surface area contributed by atoms with Gasteiger partial charge in [0.2, 0.25) is 0 Å². The molecule has 3 nitrogen and oxygen atoms in total. The highest BCUT2D eigenvalue weighted by atomic mass is 16.7. The zero-order valence-electron chi connectivity index (χ0n) is 7.16. The summed E-state index contributed by atoms with van der Waals surface area (Å²) < 4.78 is 10.7. The molecule has 0 aromatic carbocycles. The number of hydrogen-bond acceptors (Lipinski definition) is 3. The molecule has 1 aliphatic rings. The van der Waals surface area contributed by atoms with E-state index in [1.807, 2.05) is 20.8 Å². The van der Waals surface area contributed by atoms with E-state index in [1.54, 1.807) is 0 Å².